The van der Waals surface area contributed by atoms with E-state index in [0.717, 1.165) is 61.0 Å². The fourth-order valence-corrected chi connectivity index (χ4v) is 4.65. The lowest BCUT2D eigenvalue weighted by Gasteiger charge is -2.28. The van der Waals surface area contributed by atoms with Gasteiger partial charge in [0.05, 0.1) is 29.4 Å². The molecule has 0 spiro atoms. The summed E-state index contributed by atoms with van der Waals surface area (Å²) in [7, 11) is 0. The maximum atomic E-state index is 6.61. The maximum Gasteiger partial charge on any atom is 0.178 e. The van der Waals surface area contributed by atoms with Gasteiger partial charge in [0, 0.05) is 48.1 Å². The highest BCUT2D eigenvalue weighted by molar-refractivity contribution is 6.33. The number of benzene rings is 1. The molecule has 6 rings (SSSR count). The summed E-state index contributed by atoms with van der Waals surface area (Å²) in [6, 6.07) is 16.4. The van der Waals surface area contributed by atoms with Crippen molar-refractivity contribution < 1.29 is 4.74 Å². The first-order valence-electron chi connectivity index (χ1n) is 10.7. The highest BCUT2D eigenvalue weighted by Crippen LogP contribution is 2.53. The van der Waals surface area contributed by atoms with E-state index in [0.29, 0.717) is 22.5 Å². The van der Waals surface area contributed by atoms with Gasteiger partial charge in [0.2, 0.25) is 0 Å². The molecule has 4 heterocycles. The summed E-state index contributed by atoms with van der Waals surface area (Å²) < 4.78 is 5.44. The number of hydrogen-bond acceptors (Lipinski definition) is 5. The molecule has 0 radical (unpaired) electrons. The van der Waals surface area contributed by atoms with Crippen LogP contribution in [0.1, 0.15) is 29.8 Å². The number of anilines is 1. The van der Waals surface area contributed by atoms with Gasteiger partial charge < -0.3 is 14.6 Å². The molecule has 3 aromatic heterocycles. The molecule has 0 bridgehead atoms. The van der Waals surface area contributed by atoms with Crippen LogP contribution in [0.25, 0.3) is 22.4 Å². The van der Waals surface area contributed by atoms with Crippen molar-refractivity contribution in [2.45, 2.75) is 18.3 Å². The van der Waals surface area contributed by atoms with E-state index in [2.05, 4.69) is 45.2 Å². The number of nitrogens with zero attached hydrogens (tertiary/aromatic N) is 4. The first-order valence-corrected chi connectivity index (χ1v) is 11.0. The Morgan fingerprint density at radius 3 is 2.61 bits per heavy atom. The van der Waals surface area contributed by atoms with E-state index in [1.807, 2.05) is 24.4 Å². The monoisotopic (exact) mass is 431 g/mol. The van der Waals surface area contributed by atoms with Crippen molar-refractivity contribution in [2.24, 2.45) is 0 Å². The van der Waals surface area contributed by atoms with Gasteiger partial charge in [-0.3, -0.25) is 4.98 Å². The van der Waals surface area contributed by atoms with Crippen molar-refractivity contribution in [3.05, 3.63) is 71.3 Å². The number of ether oxygens (including phenoxy) is 1. The zero-order valence-corrected chi connectivity index (χ0v) is 17.7. The number of fused-ring (bicyclic) bond motifs is 1. The Morgan fingerprint density at radius 2 is 1.84 bits per heavy atom. The normalized spacial score (nSPS) is 20.9. The molecule has 1 aliphatic carbocycles. The van der Waals surface area contributed by atoms with Crippen LogP contribution in [0.2, 0.25) is 5.02 Å². The molecule has 1 N–H and O–H groups in total. The van der Waals surface area contributed by atoms with E-state index in [-0.39, 0.29) is 0 Å². The highest BCUT2D eigenvalue weighted by atomic mass is 35.5. The third-order valence-electron chi connectivity index (χ3n) is 6.17. The van der Waals surface area contributed by atoms with Crippen LogP contribution in [-0.4, -0.2) is 46.2 Å². The zero-order chi connectivity index (χ0) is 20.8. The Morgan fingerprint density at radius 1 is 1.00 bits per heavy atom. The molecule has 156 valence electrons. The summed E-state index contributed by atoms with van der Waals surface area (Å²) in [6.07, 6.45) is 2.90. The lowest BCUT2D eigenvalue weighted by atomic mass is 10.1. The molecule has 31 heavy (non-hydrogen) atoms. The van der Waals surface area contributed by atoms with Gasteiger partial charge in [0.1, 0.15) is 5.82 Å². The number of H-pyrrole nitrogens is 1. The summed E-state index contributed by atoms with van der Waals surface area (Å²) in [5.74, 6) is 1.75. The van der Waals surface area contributed by atoms with Gasteiger partial charge in [-0.25, -0.2) is 9.97 Å². The lowest BCUT2D eigenvalue weighted by Crippen LogP contribution is -2.36. The van der Waals surface area contributed by atoms with Crippen molar-refractivity contribution in [2.75, 3.05) is 31.2 Å². The van der Waals surface area contributed by atoms with Crippen molar-refractivity contribution >= 4 is 28.5 Å². The third-order valence-corrected chi connectivity index (χ3v) is 6.46. The van der Waals surface area contributed by atoms with Crippen molar-refractivity contribution in [1.29, 1.82) is 0 Å². The van der Waals surface area contributed by atoms with Gasteiger partial charge in [-0.05, 0) is 36.8 Å². The number of pyridine rings is 2. The van der Waals surface area contributed by atoms with Crippen LogP contribution in [0, 0.1) is 0 Å². The minimum atomic E-state index is 0.360. The van der Waals surface area contributed by atoms with Crippen LogP contribution in [-0.2, 0) is 4.74 Å². The number of aromatic amines is 1. The minimum Gasteiger partial charge on any atom is -0.378 e. The van der Waals surface area contributed by atoms with Gasteiger partial charge in [0.25, 0.3) is 0 Å². The number of morpholine rings is 1. The molecule has 1 saturated carbocycles. The molecule has 1 aromatic carbocycles. The van der Waals surface area contributed by atoms with Gasteiger partial charge in [0.15, 0.2) is 5.65 Å². The molecular weight excluding hydrogens is 410 g/mol. The van der Waals surface area contributed by atoms with E-state index in [1.165, 1.54) is 5.69 Å². The minimum absolute atomic E-state index is 0.360. The molecule has 2 fully saturated rings. The Bertz CT molecular complexity index is 1220. The van der Waals surface area contributed by atoms with E-state index in [4.69, 9.17) is 26.3 Å². The Kier molecular flexibility index (Phi) is 4.62. The van der Waals surface area contributed by atoms with Crippen molar-refractivity contribution in [3.8, 4) is 11.3 Å². The average molecular weight is 432 g/mol. The van der Waals surface area contributed by atoms with Crippen LogP contribution in [0.15, 0.2) is 54.7 Å². The number of rotatable bonds is 4. The maximum absolute atomic E-state index is 6.61. The number of halogens is 1. The fourth-order valence-electron chi connectivity index (χ4n) is 4.39. The molecule has 2 atom stereocenters. The van der Waals surface area contributed by atoms with Crippen LogP contribution < -0.4 is 4.90 Å². The molecule has 2 aliphatic rings. The Hall–Kier alpha value is -2.96. The van der Waals surface area contributed by atoms with Gasteiger partial charge >= 0.3 is 0 Å². The second-order valence-corrected chi connectivity index (χ2v) is 8.57. The topological polar surface area (TPSA) is 66.9 Å². The molecule has 4 aromatic rings. The molecule has 2 unspecified atom stereocenters. The first kappa shape index (κ1) is 18.8. The second kappa shape index (κ2) is 7.62. The van der Waals surface area contributed by atoms with Crippen LogP contribution in [0.4, 0.5) is 5.69 Å². The van der Waals surface area contributed by atoms with Crippen LogP contribution in [0.5, 0.6) is 0 Å². The molecule has 0 amide bonds. The predicted molar refractivity (Wildman–Crippen MR) is 122 cm³/mol. The number of imidazole rings is 1. The highest BCUT2D eigenvalue weighted by Gasteiger charge is 2.42. The summed E-state index contributed by atoms with van der Waals surface area (Å²) >= 11 is 6.61. The molecule has 6 nitrogen and oxygen atoms in total. The first-order chi connectivity index (χ1) is 15.3. The lowest BCUT2D eigenvalue weighted by molar-refractivity contribution is 0.122. The Balaban J connectivity index is 1.27. The fraction of sp³-hybridized carbons (Fsp3) is 0.292. The Labute approximate surface area is 185 Å². The summed E-state index contributed by atoms with van der Waals surface area (Å²) in [5, 5.41) is 0.624. The molecule has 7 heteroatoms. The van der Waals surface area contributed by atoms with Gasteiger partial charge in [-0.1, -0.05) is 29.8 Å². The average Bonchev–Trinajstić information content (AvgIpc) is 3.53. The van der Waals surface area contributed by atoms with Crippen LogP contribution >= 0.6 is 11.6 Å². The summed E-state index contributed by atoms with van der Waals surface area (Å²) in [4.78, 5) is 19.8. The standard InChI is InChI=1S/C24H22ClN5O/c25-19-14-21-24(29-23(27-21)18-13-17(18)20-3-1-2-8-26-20)28-22(19)15-4-6-16(7-5-15)30-9-11-31-12-10-30/h1-8,14,17-18H,9-13H2,(H,27,28,29). The van der Waals surface area contributed by atoms with E-state index in [1.54, 1.807) is 0 Å². The summed E-state index contributed by atoms with van der Waals surface area (Å²) in [5.41, 5.74) is 5.66. The van der Waals surface area contributed by atoms with Gasteiger partial charge in [-0.15, -0.1) is 0 Å². The molecule has 1 saturated heterocycles. The van der Waals surface area contributed by atoms with Crippen LogP contribution in [0.3, 0.4) is 0 Å². The van der Waals surface area contributed by atoms with Crippen molar-refractivity contribution in [1.82, 2.24) is 19.9 Å². The zero-order valence-electron chi connectivity index (χ0n) is 17.0. The summed E-state index contributed by atoms with van der Waals surface area (Å²) in [6.45, 7) is 3.38. The quantitative estimate of drug-likeness (QED) is 0.503. The van der Waals surface area contributed by atoms with Crippen molar-refractivity contribution in [3.63, 3.8) is 0 Å². The third kappa shape index (κ3) is 3.56. The predicted octanol–water partition coefficient (Wildman–Crippen LogP) is 4.78. The molecular formula is C24H22ClN5O. The van der Waals surface area contributed by atoms with E-state index >= 15 is 0 Å². The SMILES string of the molecule is Clc1cc2[nH]c(C3CC3c3ccccn3)nc2nc1-c1ccc(N2CCOCC2)cc1. The number of nitrogens with one attached hydrogen (secondary N) is 1. The smallest absolute Gasteiger partial charge is 0.178 e. The van der Waals surface area contributed by atoms with Gasteiger partial charge in [-0.2, -0.15) is 0 Å². The van der Waals surface area contributed by atoms with E-state index in [9.17, 15) is 0 Å². The number of hydrogen-bond donors (Lipinski definition) is 1. The molecule has 1 aliphatic heterocycles. The second-order valence-electron chi connectivity index (χ2n) is 8.16. The van der Waals surface area contributed by atoms with E-state index < -0.39 is 0 Å². The largest absolute Gasteiger partial charge is 0.378 e. The number of aromatic nitrogens is 4.